The molecule has 2 nitrogen and oxygen atoms in total. The third kappa shape index (κ3) is 2.63. The summed E-state index contributed by atoms with van der Waals surface area (Å²) in [4.78, 5) is 11.6. The zero-order valence-corrected chi connectivity index (χ0v) is 11.8. The number of hydrogen-bond acceptors (Lipinski definition) is 2. The first-order chi connectivity index (χ1) is 8.26. The Morgan fingerprint density at radius 1 is 1.06 bits per heavy atom. The fraction of sp³-hybridized carbons (Fsp3) is 0.438. The minimum atomic E-state index is -0.259. The molecule has 0 bridgehead atoms. The molecule has 18 heavy (non-hydrogen) atoms. The molecule has 0 N–H and O–H groups in total. The molecule has 96 valence electrons. The van der Waals surface area contributed by atoms with Crippen LogP contribution < -0.4 is 5.63 Å². The molecule has 0 spiro atoms. The van der Waals surface area contributed by atoms with E-state index in [1.54, 1.807) is 6.07 Å². The predicted octanol–water partition coefficient (Wildman–Crippen LogP) is 4.00. The standard InChI is InChI=1S/C16H20O2/c1-10-6-13-12(9-16(3,4)5)8-15(17)18-14(13)7-11(10)2/h6-8H,9H2,1-5H3. The molecule has 2 aromatic rings. The first-order valence-corrected chi connectivity index (χ1v) is 6.30. The molecule has 0 atom stereocenters. The highest BCUT2D eigenvalue weighted by atomic mass is 16.4. The smallest absolute Gasteiger partial charge is 0.336 e. The van der Waals surface area contributed by atoms with Gasteiger partial charge in [-0.3, -0.25) is 0 Å². The van der Waals surface area contributed by atoms with Gasteiger partial charge in [-0.15, -0.1) is 0 Å². The maximum atomic E-state index is 11.6. The molecule has 0 aliphatic carbocycles. The van der Waals surface area contributed by atoms with E-state index in [-0.39, 0.29) is 11.0 Å². The van der Waals surface area contributed by atoms with Crippen molar-refractivity contribution in [2.24, 2.45) is 5.41 Å². The third-order valence-corrected chi connectivity index (χ3v) is 3.17. The van der Waals surface area contributed by atoms with Crippen LogP contribution in [0.1, 0.15) is 37.5 Å². The Balaban J connectivity index is 2.72. The van der Waals surface area contributed by atoms with Crippen LogP contribution in [0.4, 0.5) is 0 Å². The van der Waals surface area contributed by atoms with E-state index in [4.69, 9.17) is 4.42 Å². The predicted molar refractivity (Wildman–Crippen MR) is 75.1 cm³/mol. The Kier molecular flexibility index (Phi) is 3.05. The van der Waals surface area contributed by atoms with Crippen LogP contribution in [-0.4, -0.2) is 0 Å². The molecule has 0 fully saturated rings. The van der Waals surface area contributed by atoms with Crippen molar-refractivity contribution in [3.8, 4) is 0 Å². The van der Waals surface area contributed by atoms with Crippen molar-refractivity contribution in [1.29, 1.82) is 0 Å². The molecule has 2 heteroatoms. The van der Waals surface area contributed by atoms with Gasteiger partial charge in [0.25, 0.3) is 0 Å². The molecule has 0 radical (unpaired) electrons. The fourth-order valence-electron chi connectivity index (χ4n) is 2.20. The van der Waals surface area contributed by atoms with Crippen LogP contribution in [0.5, 0.6) is 0 Å². The first kappa shape index (κ1) is 12.9. The minimum Gasteiger partial charge on any atom is -0.423 e. The van der Waals surface area contributed by atoms with Crippen molar-refractivity contribution >= 4 is 11.0 Å². The first-order valence-electron chi connectivity index (χ1n) is 6.30. The summed E-state index contributed by atoms with van der Waals surface area (Å²) in [7, 11) is 0. The molecule has 0 saturated heterocycles. The van der Waals surface area contributed by atoms with Crippen molar-refractivity contribution in [2.75, 3.05) is 0 Å². The number of fused-ring (bicyclic) bond motifs is 1. The number of rotatable bonds is 1. The second-order valence-electron chi connectivity index (χ2n) is 6.26. The van der Waals surface area contributed by atoms with Crippen LogP contribution in [0.15, 0.2) is 27.4 Å². The highest BCUT2D eigenvalue weighted by Crippen LogP contribution is 2.27. The third-order valence-electron chi connectivity index (χ3n) is 3.17. The minimum absolute atomic E-state index is 0.152. The van der Waals surface area contributed by atoms with Crippen LogP contribution in [0, 0.1) is 19.3 Å². The van der Waals surface area contributed by atoms with E-state index in [9.17, 15) is 4.79 Å². The van der Waals surface area contributed by atoms with Crippen molar-refractivity contribution in [2.45, 2.75) is 41.0 Å². The summed E-state index contributed by atoms with van der Waals surface area (Å²) in [6.07, 6.45) is 0.873. The fourth-order valence-corrected chi connectivity index (χ4v) is 2.20. The monoisotopic (exact) mass is 244 g/mol. The highest BCUT2D eigenvalue weighted by Gasteiger charge is 2.15. The van der Waals surface area contributed by atoms with Gasteiger partial charge in [0, 0.05) is 11.5 Å². The van der Waals surface area contributed by atoms with Crippen molar-refractivity contribution in [3.05, 3.63) is 45.3 Å². The number of aryl methyl sites for hydroxylation is 2. The molecule has 1 aromatic carbocycles. The summed E-state index contributed by atoms with van der Waals surface area (Å²) in [5.74, 6) is 0. The number of benzene rings is 1. The second-order valence-corrected chi connectivity index (χ2v) is 6.26. The lowest BCUT2D eigenvalue weighted by Crippen LogP contribution is -2.12. The molecule has 1 aromatic heterocycles. The number of hydrogen-bond donors (Lipinski definition) is 0. The van der Waals surface area contributed by atoms with Gasteiger partial charge in [0.2, 0.25) is 0 Å². The maximum absolute atomic E-state index is 11.6. The van der Waals surface area contributed by atoms with Gasteiger partial charge in [0.05, 0.1) is 0 Å². The lowest BCUT2D eigenvalue weighted by Gasteiger charge is -2.19. The Morgan fingerprint density at radius 2 is 1.67 bits per heavy atom. The maximum Gasteiger partial charge on any atom is 0.336 e. The molecule has 0 amide bonds. The van der Waals surface area contributed by atoms with E-state index in [0.717, 1.165) is 22.9 Å². The van der Waals surface area contributed by atoms with E-state index in [1.807, 2.05) is 13.0 Å². The lowest BCUT2D eigenvalue weighted by atomic mass is 9.87. The van der Waals surface area contributed by atoms with Gasteiger partial charge in [0.1, 0.15) is 5.58 Å². The van der Waals surface area contributed by atoms with Gasteiger partial charge in [-0.1, -0.05) is 20.8 Å². The zero-order valence-electron chi connectivity index (χ0n) is 11.8. The Labute approximate surface area is 108 Å². The van der Waals surface area contributed by atoms with E-state index in [2.05, 4.69) is 33.8 Å². The topological polar surface area (TPSA) is 30.2 Å². The summed E-state index contributed by atoms with van der Waals surface area (Å²) >= 11 is 0. The van der Waals surface area contributed by atoms with Crippen LogP contribution in [0.25, 0.3) is 11.0 Å². The lowest BCUT2D eigenvalue weighted by molar-refractivity contribution is 0.411. The molecule has 0 unspecified atom stereocenters. The quantitative estimate of drug-likeness (QED) is 0.710. The van der Waals surface area contributed by atoms with E-state index in [1.165, 1.54) is 5.56 Å². The normalized spacial score (nSPS) is 12.1. The molecule has 0 aliphatic heterocycles. The van der Waals surface area contributed by atoms with Crippen LogP contribution in [0.2, 0.25) is 0 Å². The second kappa shape index (κ2) is 4.27. The summed E-state index contributed by atoms with van der Waals surface area (Å²) in [6, 6.07) is 5.70. The average Bonchev–Trinajstić information content (AvgIpc) is 2.18. The Bertz CT molecular complexity index is 642. The van der Waals surface area contributed by atoms with Gasteiger partial charge >= 0.3 is 5.63 Å². The highest BCUT2D eigenvalue weighted by molar-refractivity contribution is 5.82. The summed E-state index contributed by atoms with van der Waals surface area (Å²) < 4.78 is 5.30. The van der Waals surface area contributed by atoms with Crippen molar-refractivity contribution in [1.82, 2.24) is 0 Å². The Morgan fingerprint density at radius 3 is 2.28 bits per heavy atom. The van der Waals surface area contributed by atoms with Gasteiger partial charge in [0.15, 0.2) is 0 Å². The molecule has 1 heterocycles. The van der Waals surface area contributed by atoms with Crippen molar-refractivity contribution in [3.63, 3.8) is 0 Å². The van der Waals surface area contributed by atoms with Gasteiger partial charge in [-0.2, -0.15) is 0 Å². The van der Waals surface area contributed by atoms with E-state index >= 15 is 0 Å². The molecule has 0 saturated carbocycles. The molecular formula is C16H20O2. The summed E-state index contributed by atoms with van der Waals surface area (Å²) in [6.45, 7) is 10.6. The SMILES string of the molecule is Cc1cc2oc(=O)cc(CC(C)(C)C)c2cc1C. The van der Waals surface area contributed by atoms with Gasteiger partial charge in [-0.05, 0) is 54.5 Å². The molecule has 0 aliphatic rings. The summed E-state index contributed by atoms with van der Waals surface area (Å²) in [5.41, 5.74) is 4.05. The van der Waals surface area contributed by atoms with Crippen LogP contribution >= 0.6 is 0 Å². The van der Waals surface area contributed by atoms with E-state index < -0.39 is 0 Å². The average molecular weight is 244 g/mol. The Hall–Kier alpha value is -1.57. The largest absolute Gasteiger partial charge is 0.423 e. The zero-order chi connectivity index (χ0) is 13.5. The van der Waals surface area contributed by atoms with Crippen LogP contribution in [0.3, 0.4) is 0 Å². The van der Waals surface area contributed by atoms with Gasteiger partial charge < -0.3 is 4.42 Å². The van der Waals surface area contributed by atoms with Crippen molar-refractivity contribution < 1.29 is 4.42 Å². The molecular weight excluding hydrogens is 224 g/mol. The van der Waals surface area contributed by atoms with Gasteiger partial charge in [-0.25, -0.2) is 4.79 Å². The molecule has 2 rings (SSSR count). The van der Waals surface area contributed by atoms with E-state index in [0.29, 0.717) is 5.58 Å². The van der Waals surface area contributed by atoms with Crippen LogP contribution in [-0.2, 0) is 6.42 Å². The summed E-state index contributed by atoms with van der Waals surface area (Å²) in [5, 5.41) is 1.06.